The van der Waals surface area contributed by atoms with E-state index in [9.17, 15) is 9.59 Å². The van der Waals surface area contributed by atoms with Gasteiger partial charge in [0.15, 0.2) is 0 Å². The van der Waals surface area contributed by atoms with Crippen LogP contribution in [-0.4, -0.2) is 43.5 Å². The number of esters is 1. The van der Waals surface area contributed by atoms with Gasteiger partial charge in [0.05, 0.1) is 17.9 Å². The average Bonchev–Trinajstić information content (AvgIpc) is 2.96. The highest BCUT2D eigenvalue weighted by molar-refractivity contribution is 6.76. The Morgan fingerprint density at radius 1 is 1.30 bits per heavy atom. The van der Waals surface area contributed by atoms with Crippen LogP contribution in [0.5, 0.6) is 0 Å². The van der Waals surface area contributed by atoms with Crippen molar-refractivity contribution < 1.29 is 24.3 Å². The summed E-state index contributed by atoms with van der Waals surface area (Å²) in [6.07, 6.45) is -0.716. The standard InChI is InChI=1S/C16H21NO5Si/c1-23(2,3)9-8-21-16(20)12-6-4-11(5-7-12)13-10-14(15(18)19)22-17-13/h4-7,14H,8-10H2,1-3H3,(H,18,19). The summed E-state index contributed by atoms with van der Waals surface area (Å²) in [6.45, 7) is 7.12. The highest BCUT2D eigenvalue weighted by Crippen LogP contribution is 2.18. The molecule has 1 aromatic carbocycles. The molecule has 1 aliphatic rings. The molecule has 0 spiro atoms. The molecule has 0 aromatic heterocycles. The normalized spacial score (nSPS) is 17.3. The van der Waals surface area contributed by atoms with Crippen molar-refractivity contribution in [3.05, 3.63) is 35.4 Å². The summed E-state index contributed by atoms with van der Waals surface area (Å²) in [5.74, 6) is -1.38. The molecule has 0 radical (unpaired) electrons. The molecule has 124 valence electrons. The lowest BCUT2D eigenvalue weighted by molar-refractivity contribution is -0.148. The topological polar surface area (TPSA) is 85.2 Å². The van der Waals surface area contributed by atoms with E-state index in [0.29, 0.717) is 17.9 Å². The van der Waals surface area contributed by atoms with Gasteiger partial charge in [-0.15, -0.1) is 0 Å². The van der Waals surface area contributed by atoms with E-state index in [2.05, 4.69) is 24.8 Å². The van der Waals surface area contributed by atoms with Gasteiger partial charge in [-0.2, -0.15) is 0 Å². The number of carbonyl (C=O) groups is 2. The minimum atomic E-state index is -1.22. The third kappa shape index (κ3) is 4.92. The van der Waals surface area contributed by atoms with Crippen LogP contribution in [0.4, 0.5) is 0 Å². The van der Waals surface area contributed by atoms with Crippen LogP contribution in [0.15, 0.2) is 29.4 Å². The van der Waals surface area contributed by atoms with Crippen molar-refractivity contribution >= 4 is 25.7 Å². The molecule has 1 N–H and O–H groups in total. The van der Waals surface area contributed by atoms with E-state index in [-0.39, 0.29) is 12.4 Å². The molecule has 0 aliphatic carbocycles. The number of hydrogen-bond acceptors (Lipinski definition) is 5. The average molecular weight is 335 g/mol. The van der Waals surface area contributed by atoms with E-state index in [0.717, 1.165) is 11.6 Å². The molecule has 6 nitrogen and oxygen atoms in total. The monoisotopic (exact) mass is 335 g/mol. The number of aliphatic carboxylic acids is 1. The van der Waals surface area contributed by atoms with E-state index in [4.69, 9.17) is 14.7 Å². The highest BCUT2D eigenvalue weighted by atomic mass is 28.3. The number of benzene rings is 1. The fourth-order valence-electron chi connectivity index (χ4n) is 2.01. The molecule has 2 rings (SSSR count). The van der Waals surface area contributed by atoms with Crippen LogP contribution < -0.4 is 0 Å². The molecule has 1 atom stereocenters. The summed E-state index contributed by atoms with van der Waals surface area (Å²) in [4.78, 5) is 27.6. The van der Waals surface area contributed by atoms with Gasteiger partial charge in [0.25, 0.3) is 0 Å². The van der Waals surface area contributed by atoms with Crippen molar-refractivity contribution in [3.63, 3.8) is 0 Å². The summed E-state index contributed by atoms with van der Waals surface area (Å²) in [7, 11) is -1.22. The second-order valence-electron chi connectivity index (χ2n) is 6.70. The first-order chi connectivity index (χ1) is 10.8. The van der Waals surface area contributed by atoms with E-state index in [1.165, 1.54) is 0 Å². The molecular formula is C16H21NO5Si. The van der Waals surface area contributed by atoms with Crippen LogP contribution in [0.3, 0.4) is 0 Å². The Balaban J connectivity index is 1.92. The van der Waals surface area contributed by atoms with Crippen molar-refractivity contribution in [3.8, 4) is 0 Å². The van der Waals surface area contributed by atoms with Gasteiger partial charge in [-0.05, 0) is 23.7 Å². The molecule has 0 fully saturated rings. The zero-order valence-corrected chi connectivity index (χ0v) is 14.5. The Morgan fingerprint density at radius 2 is 1.96 bits per heavy atom. The van der Waals surface area contributed by atoms with Gasteiger partial charge in [0.1, 0.15) is 0 Å². The minimum absolute atomic E-state index is 0.218. The van der Waals surface area contributed by atoms with Gasteiger partial charge in [-0.3, -0.25) is 0 Å². The fourth-order valence-corrected chi connectivity index (χ4v) is 2.73. The summed E-state index contributed by atoms with van der Waals surface area (Å²) in [6, 6.07) is 7.69. The first-order valence-corrected chi connectivity index (χ1v) is 11.2. The van der Waals surface area contributed by atoms with E-state index < -0.39 is 20.1 Å². The van der Waals surface area contributed by atoms with Gasteiger partial charge in [0.2, 0.25) is 6.10 Å². The van der Waals surface area contributed by atoms with Gasteiger partial charge in [-0.25, -0.2) is 9.59 Å². The maximum Gasteiger partial charge on any atom is 0.348 e. The highest BCUT2D eigenvalue weighted by Gasteiger charge is 2.28. The Bertz CT molecular complexity index is 618. The van der Waals surface area contributed by atoms with Crippen LogP contribution >= 0.6 is 0 Å². The Morgan fingerprint density at radius 3 is 2.48 bits per heavy atom. The van der Waals surface area contributed by atoms with Gasteiger partial charge < -0.3 is 14.7 Å². The molecule has 1 aromatic rings. The zero-order chi connectivity index (χ0) is 17.0. The quantitative estimate of drug-likeness (QED) is 0.638. The first kappa shape index (κ1) is 17.2. The molecule has 0 amide bonds. The Labute approximate surface area is 136 Å². The largest absolute Gasteiger partial charge is 0.478 e. The van der Waals surface area contributed by atoms with E-state index in [1.807, 2.05) is 0 Å². The zero-order valence-electron chi connectivity index (χ0n) is 13.5. The number of carbonyl (C=O) groups excluding carboxylic acids is 1. The molecule has 1 heterocycles. The molecule has 1 aliphatic heterocycles. The number of hydrogen-bond donors (Lipinski definition) is 1. The van der Waals surface area contributed by atoms with Gasteiger partial charge in [-0.1, -0.05) is 36.9 Å². The lowest BCUT2D eigenvalue weighted by atomic mass is 10.0. The second-order valence-corrected chi connectivity index (χ2v) is 12.3. The summed E-state index contributed by atoms with van der Waals surface area (Å²) >= 11 is 0. The van der Waals surface area contributed by atoms with Gasteiger partial charge in [0, 0.05) is 14.5 Å². The maximum atomic E-state index is 12.0. The van der Waals surface area contributed by atoms with Crippen molar-refractivity contribution in [2.24, 2.45) is 5.16 Å². The third-order valence-electron chi connectivity index (χ3n) is 3.48. The fraction of sp³-hybridized carbons (Fsp3) is 0.438. The lowest BCUT2D eigenvalue weighted by Gasteiger charge is -2.15. The molecular weight excluding hydrogens is 314 g/mol. The molecule has 0 saturated heterocycles. The first-order valence-electron chi connectivity index (χ1n) is 7.49. The molecule has 0 bridgehead atoms. The van der Waals surface area contributed by atoms with E-state index >= 15 is 0 Å². The van der Waals surface area contributed by atoms with Crippen molar-refractivity contribution in [1.29, 1.82) is 0 Å². The summed E-state index contributed by atoms with van der Waals surface area (Å²) in [5.41, 5.74) is 1.78. The Hall–Kier alpha value is -2.15. The lowest BCUT2D eigenvalue weighted by Crippen LogP contribution is -2.22. The van der Waals surface area contributed by atoms with Crippen LogP contribution in [0, 0.1) is 0 Å². The predicted octanol–water partition coefficient (Wildman–Crippen LogP) is 2.76. The third-order valence-corrected chi connectivity index (χ3v) is 5.19. The van der Waals surface area contributed by atoms with E-state index in [1.54, 1.807) is 24.3 Å². The number of nitrogens with zero attached hydrogens (tertiary/aromatic N) is 1. The molecule has 7 heteroatoms. The smallest absolute Gasteiger partial charge is 0.348 e. The Kier molecular flexibility index (Phi) is 5.20. The van der Waals surface area contributed by atoms with Gasteiger partial charge >= 0.3 is 11.9 Å². The molecule has 1 unspecified atom stereocenters. The number of carboxylic acid groups (broad SMARTS) is 1. The van der Waals surface area contributed by atoms with Crippen molar-refractivity contribution in [2.75, 3.05) is 6.61 Å². The number of ether oxygens (including phenoxy) is 1. The molecule has 23 heavy (non-hydrogen) atoms. The van der Waals surface area contributed by atoms with Crippen LogP contribution in [-0.2, 0) is 14.4 Å². The summed E-state index contributed by atoms with van der Waals surface area (Å²) in [5, 5.41) is 12.7. The number of oxime groups is 1. The molecule has 0 saturated carbocycles. The second kappa shape index (κ2) is 6.95. The SMILES string of the molecule is C[Si](C)(C)CCOC(=O)c1ccc(C2=NOC(C(=O)O)C2)cc1. The van der Waals surface area contributed by atoms with Crippen molar-refractivity contribution in [2.45, 2.75) is 38.2 Å². The number of rotatable bonds is 6. The van der Waals surface area contributed by atoms with Crippen LogP contribution in [0.1, 0.15) is 22.3 Å². The van der Waals surface area contributed by atoms with Crippen molar-refractivity contribution in [1.82, 2.24) is 0 Å². The van der Waals surface area contributed by atoms with Crippen LogP contribution in [0.25, 0.3) is 0 Å². The minimum Gasteiger partial charge on any atom is -0.478 e. The number of carboxylic acids is 1. The predicted molar refractivity (Wildman–Crippen MR) is 88.5 cm³/mol. The van der Waals surface area contributed by atoms with Crippen LogP contribution in [0.2, 0.25) is 25.7 Å². The maximum absolute atomic E-state index is 12.0. The summed E-state index contributed by atoms with van der Waals surface area (Å²) < 4.78 is 5.28.